The third kappa shape index (κ3) is 4.29. The van der Waals surface area contributed by atoms with E-state index in [2.05, 4.69) is 5.32 Å². The van der Waals surface area contributed by atoms with Crippen molar-refractivity contribution in [3.05, 3.63) is 17.0 Å². The van der Waals surface area contributed by atoms with Crippen LogP contribution in [0.4, 0.5) is 5.00 Å². The number of carbonyl (C=O) groups excluding carboxylic acids is 2. The van der Waals surface area contributed by atoms with Gasteiger partial charge in [-0.05, 0) is 30.9 Å². The Morgan fingerprint density at radius 2 is 2.19 bits per heavy atom. The number of aliphatic carboxylic acids is 1. The van der Waals surface area contributed by atoms with Crippen LogP contribution >= 0.6 is 11.3 Å². The van der Waals surface area contributed by atoms with Crippen LogP contribution in [0.5, 0.6) is 0 Å². The van der Waals surface area contributed by atoms with Crippen molar-refractivity contribution in [1.82, 2.24) is 4.90 Å². The van der Waals surface area contributed by atoms with Gasteiger partial charge in [0.1, 0.15) is 0 Å². The van der Waals surface area contributed by atoms with Crippen molar-refractivity contribution in [3.63, 3.8) is 0 Å². The highest BCUT2D eigenvalue weighted by atomic mass is 32.1. The average Bonchev–Trinajstić information content (AvgIpc) is 3.03. The van der Waals surface area contributed by atoms with Gasteiger partial charge >= 0.3 is 5.97 Å². The molecule has 114 valence electrons. The summed E-state index contributed by atoms with van der Waals surface area (Å²) in [6.45, 7) is 2.70. The molecule has 0 bridgehead atoms. The van der Waals surface area contributed by atoms with Crippen molar-refractivity contribution in [2.75, 3.05) is 18.4 Å². The molecule has 1 saturated heterocycles. The Morgan fingerprint density at radius 1 is 1.43 bits per heavy atom. The Bertz CT molecular complexity index is 555. The number of hydrogen-bond acceptors (Lipinski definition) is 4. The first-order valence-electron chi connectivity index (χ1n) is 6.84. The maximum atomic E-state index is 12.3. The van der Waals surface area contributed by atoms with Crippen LogP contribution in [0.2, 0.25) is 0 Å². The summed E-state index contributed by atoms with van der Waals surface area (Å²) in [6, 6.07) is 3.43. The second-order valence-corrected chi connectivity index (χ2v) is 6.27. The van der Waals surface area contributed by atoms with Crippen molar-refractivity contribution < 1.29 is 19.5 Å². The first-order valence-corrected chi connectivity index (χ1v) is 7.66. The molecule has 21 heavy (non-hydrogen) atoms. The molecule has 0 spiro atoms. The number of carboxylic acid groups (broad SMARTS) is 1. The number of rotatable bonds is 5. The number of thiophene rings is 1. The number of nitrogens with one attached hydrogen (secondary N) is 1. The number of anilines is 1. The predicted octanol–water partition coefficient (Wildman–Crippen LogP) is 2.03. The van der Waals surface area contributed by atoms with E-state index in [4.69, 9.17) is 5.11 Å². The minimum absolute atomic E-state index is 0.0468. The van der Waals surface area contributed by atoms with E-state index in [-0.39, 0.29) is 24.2 Å². The Kier molecular flexibility index (Phi) is 4.95. The molecular formula is C14H18N2O4S. The van der Waals surface area contributed by atoms with Crippen LogP contribution in [0.15, 0.2) is 12.1 Å². The molecule has 0 aromatic carbocycles. The number of carboxylic acids is 1. The quantitative estimate of drug-likeness (QED) is 0.871. The summed E-state index contributed by atoms with van der Waals surface area (Å²) in [4.78, 5) is 36.2. The van der Waals surface area contributed by atoms with E-state index in [0.717, 1.165) is 6.42 Å². The number of carbonyl (C=O) groups is 3. The monoisotopic (exact) mass is 310 g/mol. The van der Waals surface area contributed by atoms with Gasteiger partial charge in [-0.15, -0.1) is 11.3 Å². The summed E-state index contributed by atoms with van der Waals surface area (Å²) in [5.41, 5.74) is 0. The topological polar surface area (TPSA) is 86.7 Å². The summed E-state index contributed by atoms with van der Waals surface area (Å²) in [5.74, 6) is -0.738. The Balaban J connectivity index is 1.90. The highest BCUT2D eigenvalue weighted by molar-refractivity contribution is 7.18. The molecule has 1 unspecified atom stereocenters. The van der Waals surface area contributed by atoms with Crippen molar-refractivity contribution >= 4 is 34.1 Å². The highest BCUT2D eigenvalue weighted by Gasteiger charge is 2.27. The number of nitrogens with zero attached hydrogens (tertiary/aromatic N) is 1. The maximum absolute atomic E-state index is 12.3. The summed E-state index contributed by atoms with van der Waals surface area (Å²) in [6.07, 6.45) is 1.61. The zero-order valence-electron chi connectivity index (χ0n) is 11.8. The molecule has 1 aliphatic rings. The van der Waals surface area contributed by atoms with Gasteiger partial charge in [0.15, 0.2) is 0 Å². The fourth-order valence-electron chi connectivity index (χ4n) is 2.43. The van der Waals surface area contributed by atoms with Gasteiger partial charge in [0, 0.05) is 26.4 Å². The minimum atomic E-state index is -0.794. The summed E-state index contributed by atoms with van der Waals surface area (Å²) < 4.78 is 0. The van der Waals surface area contributed by atoms with Crippen molar-refractivity contribution in [3.8, 4) is 0 Å². The molecule has 2 N–H and O–H groups in total. The van der Waals surface area contributed by atoms with Crippen LogP contribution in [0.3, 0.4) is 0 Å². The van der Waals surface area contributed by atoms with Crippen LogP contribution in [-0.4, -0.2) is 40.9 Å². The predicted molar refractivity (Wildman–Crippen MR) is 79.5 cm³/mol. The number of amides is 2. The molecule has 1 atom stereocenters. The minimum Gasteiger partial charge on any atom is -0.481 e. The second kappa shape index (κ2) is 6.71. The average molecular weight is 310 g/mol. The van der Waals surface area contributed by atoms with E-state index < -0.39 is 5.97 Å². The first kappa shape index (κ1) is 15.5. The molecule has 1 aliphatic heterocycles. The molecule has 7 heteroatoms. The van der Waals surface area contributed by atoms with Gasteiger partial charge < -0.3 is 15.3 Å². The standard InChI is InChI=1S/C14H18N2O4S/c1-9(17)15-12-4-3-11(21-12)14(20)16-7-6-10(8-16)2-5-13(18)19/h3-4,10H,2,5-8H2,1H3,(H,15,17)(H,18,19). The van der Waals surface area contributed by atoms with E-state index in [1.807, 2.05) is 0 Å². The second-order valence-electron chi connectivity index (χ2n) is 5.18. The van der Waals surface area contributed by atoms with E-state index >= 15 is 0 Å². The number of hydrogen-bond donors (Lipinski definition) is 2. The summed E-state index contributed by atoms with van der Waals surface area (Å²) in [5, 5.41) is 12.0. The lowest BCUT2D eigenvalue weighted by molar-refractivity contribution is -0.137. The van der Waals surface area contributed by atoms with E-state index in [1.165, 1.54) is 18.3 Å². The summed E-state index contributed by atoms with van der Waals surface area (Å²) in [7, 11) is 0. The maximum Gasteiger partial charge on any atom is 0.303 e. The highest BCUT2D eigenvalue weighted by Crippen LogP contribution is 2.27. The molecule has 1 aromatic rings. The Labute approximate surface area is 126 Å². The molecule has 2 rings (SSSR count). The lowest BCUT2D eigenvalue weighted by atomic mass is 10.0. The van der Waals surface area contributed by atoms with Crippen LogP contribution in [0.1, 0.15) is 35.9 Å². The van der Waals surface area contributed by atoms with E-state index in [0.29, 0.717) is 29.4 Å². The van der Waals surface area contributed by atoms with Gasteiger partial charge in [-0.2, -0.15) is 0 Å². The zero-order chi connectivity index (χ0) is 15.4. The van der Waals surface area contributed by atoms with Crippen molar-refractivity contribution in [2.45, 2.75) is 26.2 Å². The van der Waals surface area contributed by atoms with Gasteiger partial charge in [-0.1, -0.05) is 0 Å². The lowest BCUT2D eigenvalue weighted by Crippen LogP contribution is -2.28. The molecular weight excluding hydrogens is 292 g/mol. The summed E-state index contributed by atoms with van der Waals surface area (Å²) >= 11 is 1.26. The van der Waals surface area contributed by atoms with E-state index in [1.54, 1.807) is 17.0 Å². The van der Waals surface area contributed by atoms with Gasteiger partial charge in [-0.25, -0.2) is 0 Å². The van der Waals surface area contributed by atoms with Crippen molar-refractivity contribution in [2.24, 2.45) is 5.92 Å². The largest absolute Gasteiger partial charge is 0.481 e. The molecule has 1 aromatic heterocycles. The lowest BCUT2D eigenvalue weighted by Gasteiger charge is -2.15. The smallest absolute Gasteiger partial charge is 0.303 e. The van der Waals surface area contributed by atoms with Crippen LogP contribution < -0.4 is 5.32 Å². The van der Waals surface area contributed by atoms with Gasteiger partial charge in [0.2, 0.25) is 5.91 Å². The van der Waals surface area contributed by atoms with Gasteiger partial charge in [-0.3, -0.25) is 14.4 Å². The molecule has 2 heterocycles. The number of likely N-dealkylation sites (tertiary alicyclic amines) is 1. The Morgan fingerprint density at radius 3 is 2.86 bits per heavy atom. The zero-order valence-corrected chi connectivity index (χ0v) is 12.6. The van der Waals surface area contributed by atoms with Crippen LogP contribution in [0, 0.1) is 5.92 Å². The SMILES string of the molecule is CC(=O)Nc1ccc(C(=O)N2CCC(CCC(=O)O)C2)s1. The molecule has 0 radical (unpaired) electrons. The third-order valence-electron chi connectivity index (χ3n) is 3.46. The van der Waals surface area contributed by atoms with Gasteiger partial charge in [0.25, 0.3) is 5.91 Å². The van der Waals surface area contributed by atoms with Gasteiger partial charge in [0.05, 0.1) is 9.88 Å². The molecule has 1 fully saturated rings. The fourth-order valence-corrected chi connectivity index (χ4v) is 3.35. The third-order valence-corrected chi connectivity index (χ3v) is 4.44. The van der Waals surface area contributed by atoms with Crippen LogP contribution in [0.25, 0.3) is 0 Å². The van der Waals surface area contributed by atoms with E-state index in [9.17, 15) is 14.4 Å². The molecule has 0 aliphatic carbocycles. The van der Waals surface area contributed by atoms with Crippen LogP contribution in [-0.2, 0) is 9.59 Å². The normalized spacial score (nSPS) is 17.8. The Hall–Kier alpha value is -1.89. The van der Waals surface area contributed by atoms with Crippen molar-refractivity contribution in [1.29, 1.82) is 0 Å². The fraction of sp³-hybridized carbons (Fsp3) is 0.500. The first-order chi connectivity index (χ1) is 9.95. The molecule has 0 saturated carbocycles. The molecule has 6 nitrogen and oxygen atoms in total. The molecule has 2 amide bonds.